The van der Waals surface area contributed by atoms with Gasteiger partial charge >= 0.3 is 0 Å². The fourth-order valence-corrected chi connectivity index (χ4v) is 2.96. The van der Waals surface area contributed by atoms with Crippen LogP contribution in [0.3, 0.4) is 0 Å². The van der Waals surface area contributed by atoms with Crippen LogP contribution >= 0.6 is 15.9 Å². The summed E-state index contributed by atoms with van der Waals surface area (Å²) in [6.07, 6.45) is 0.325. The van der Waals surface area contributed by atoms with E-state index in [4.69, 9.17) is 0 Å². The maximum atomic E-state index is 13.7. The van der Waals surface area contributed by atoms with Crippen molar-refractivity contribution in [2.24, 2.45) is 0 Å². The topological polar surface area (TPSA) is 20.3 Å². The number of anilines is 1. The molecule has 0 unspecified atom stereocenters. The molecule has 1 amide bonds. The molecule has 0 fully saturated rings. The van der Waals surface area contributed by atoms with Gasteiger partial charge in [0.2, 0.25) is 0 Å². The Balaban J connectivity index is 2.02. The van der Waals surface area contributed by atoms with Crippen molar-refractivity contribution in [2.75, 3.05) is 11.4 Å². The summed E-state index contributed by atoms with van der Waals surface area (Å²) in [7, 11) is 0. The Bertz CT molecular complexity index is 748. The molecule has 108 valence electrons. The van der Waals surface area contributed by atoms with Crippen molar-refractivity contribution < 1.29 is 18.0 Å². The molecule has 1 aliphatic rings. The Morgan fingerprint density at radius 2 is 1.86 bits per heavy atom. The lowest BCUT2D eigenvalue weighted by molar-refractivity contribution is 0.0988. The monoisotopic (exact) mass is 355 g/mol. The highest BCUT2D eigenvalue weighted by Gasteiger charge is 2.29. The number of rotatable bonds is 1. The van der Waals surface area contributed by atoms with Gasteiger partial charge in [0.15, 0.2) is 0 Å². The molecule has 1 aliphatic heterocycles. The lowest BCUT2D eigenvalue weighted by Gasteiger charge is -2.18. The van der Waals surface area contributed by atoms with E-state index in [1.54, 1.807) is 0 Å². The second-order valence-electron chi connectivity index (χ2n) is 4.72. The standard InChI is InChI=1S/C15H9BrF3NO/c16-12-5-8(17)1-2-10(12)15(21)20-4-3-11-13(19)6-9(18)7-14(11)20/h1-2,5-7H,3-4H2. The summed E-state index contributed by atoms with van der Waals surface area (Å²) in [4.78, 5) is 13.8. The van der Waals surface area contributed by atoms with E-state index in [0.29, 0.717) is 16.5 Å². The smallest absolute Gasteiger partial charge is 0.259 e. The molecular weight excluding hydrogens is 347 g/mol. The minimum Gasteiger partial charge on any atom is -0.308 e. The van der Waals surface area contributed by atoms with Gasteiger partial charge in [0.05, 0.1) is 11.3 Å². The molecule has 0 atom stereocenters. The summed E-state index contributed by atoms with van der Waals surface area (Å²) in [5.74, 6) is -2.29. The van der Waals surface area contributed by atoms with Gasteiger partial charge in [-0.1, -0.05) is 0 Å². The number of benzene rings is 2. The third-order valence-electron chi connectivity index (χ3n) is 3.42. The zero-order chi connectivity index (χ0) is 15.1. The maximum Gasteiger partial charge on any atom is 0.259 e. The normalized spacial score (nSPS) is 13.4. The quantitative estimate of drug-likeness (QED) is 0.755. The highest BCUT2D eigenvalue weighted by atomic mass is 79.9. The average Bonchev–Trinajstić information content (AvgIpc) is 2.82. The molecule has 21 heavy (non-hydrogen) atoms. The number of carbonyl (C=O) groups excluding carboxylic acids is 1. The van der Waals surface area contributed by atoms with E-state index in [-0.39, 0.29) is 17.8 Å². The Hall–Kier alpha value is -1.82. The van der Waals surface area contributed by atoms with Crippen LogP contribution in [-0.2, 0) is 6.42 Å². The van der Waals surface area contributed by atoms with Crippen LogP contribution in [0.2, 0.25) is 0 Å². The van der Waals surface area contributed by atoms with Crippen LogP contribution < -0.4 is 4.90 Å². The molecule has 1 heterocycles. The van der Waals surface area contributed by atoms with E-state index in [2.05, 4.69) is 15.9 Å². The highest BCUT2D eigenvalue weighted by Crippen LogP contribution is 2.33. The Labute approximate surface area is 127 Å². The number of carbonyl (C=O) groups is 1. The Morgan fingerprint density at radius 1 is 1.10 bits per heavy atom. The molecule has 0 aliphatic carbocycles. The lowest BCUT2D eigenvalue weighted by Crippen LogP contribution is -2.29. The first kappa shape index (κ1) is 14.1. The first-order valence-corrected chi connectivity index (χ1v) is 7.01. The van der Waals surface area contributed by atoms with Gasteiger partial charge in [0.25, 0.3) is 5.91 Å². The van der Waals surface area contributed by atoms with Crippen molar-refractivity contribution in [2.45, 2.75) is 6.42 Å². The van der Waals surface area contributed by atoms with Gasteiger partial charge in [-0.3, -0.25) is 4.79 Å². The molecule has 0 radical (unpaired) electrons. The minimum absolute atomic E-state index is 0.230. The molecule has 0 aromatic heterocycles. The first-order chi connectivity index (χ1) is 9.97. The van der Waals surface area contributed by atoms with Gasteiger partial charge in [-0.15, -0.1) is 0 Å². The molecule has 0 N–H and O–H groups in total. The summed E-state index contributed by atoms with van der Waals surface area (Å²) in [5, 5.41) is 0. The van der Waals surface area contributed by atoms with Crippen molar-refractivity contribution in [3.05, 3.63) is 63.4 Å². The molecule has 0 spiro atoms. The third kappa shape index (κ3) is 2.44. The number of hydrogen-bond acceptors (Lipinski definition) is 1. The van der Waals surface area contributed by atoms with Gasteiger partial charge in [-0.2, -0.15) is 0 Å². The van der Waals surface area contributed by atoms with Crippen LogP contribution in [0.5, 0.6) is 0 Å². The largest absolute Gasteiger partial charge is 0.308 e. The highest BCUT2D eigenvalue weighted by molar-refractivity contribution is 9.10. The summed E-state index contributed by atoms with van der Waals surface area (Å²) < 4.78 is 40.4. The predicted octanol–water partition coefficient (Wildman–Crippen LogP) is 4.07. The Morgan fingerprint density at radius 3 is 2.57 bits per heavy atom. The van der Waals surface area contributed by atoms with Crippen LogP contribution in [0.15, 0.2) is 34.8 Å². The molecular formula is C15H9BrF3NO. The number of fused-ring (bicyclic) bond motifs is 1. The van der Waals surface area contributed by atoms with Crippen molar-refractivity contribution in [1.82, 2.24) is 0 Å². The Kier molecular flexibility index (Phi) is 3.49. The van der Waals surface area contributed by atoms with E-state index in [0.717, 1.165) is 12.1 Å². The number of nitrogens with zero attached hydrogens (tertiary/aromatic N) is 1. The van der Waals surface area contributed by atoms with Crippen LogP contribution in [0, 0.1) is 17.5 Å². The minimum atomic E-state index is -0.732. The summed E-state index contributed by atoms with van der Waals surface area (Å²) >= 11 is 3.13. The molecule has 2 aromatic carbocycles. The van der Waals surface area contributed by atoms with Gasteiger partial charge in [-0.05, 0) is 46.6 Å². The van der Waals surface area contributed by atoms with E-state index in [9.17, 15) is 18.0 Å². The molecule has 2 nitrogen and oxygen atoms in total. The van der Waals surface area contributed by atoms with Crippen LogP contribution in [-0.4, -0.2) is 12.5 Å². The molecule has 0 bridgehead atoms. The van der Waals surface area contributed by atoms with E-state index in [1.165, 1.54) is 23.1 Å². The van der Waals surface area contributed by atoms with Gasteiger partial charge in [0, 0.05) is 22.6 Å². The molecule has 2 aromatic rings. The average molecular weight is 356 g/mol. The van der Waals surface area contributed by atoms with Crippen molar-refractivity contribution >= 4 is 27.5 Å². The number of amides is 1. The zero-order valence-corrected chi connectivity index (χ0v) is 12.3. The van der Waals surface area contributed by atoms with E-state index < -0.39 is 23.4 Å². The summed E-state index contributed by atoms with van der Waals surface area (Å²) in [5.41, 5.74) is 0.797. The zero-order valence-electron chi connectivity index (χ0n) is 10.7. The molecule has 3 rings (SSSR count). The van der Waals surface area contributed by atoms with Gasteiger partial charge < -0.3 is 4.90 Å². The predicted molar refractivity (Wildman–Crippen MR) is 75.8 cm³/mol. The van der Waals surface area contributed by atoms with Crippen LogP contribution in [0.25, 0.3) is 0 Å². The lowest BCUT2D eigenvalue weighted by atomic mass is 10.1. The second-order valence-corrected chi connectivity index (χ2v) is 5.57. The molecule has 0 saturated heterocycles. The second kappa shape index (κ2) is 5.18. The molecule has 0 saturated carbocycles. The third-order valence-corrected chi connectivity index (χ3v) is 4.08. The van der Waals surface area contributed by atoms with Crippen LogP contribution in [0.1, 0.15) is 15.9 Å². The summed E-state index contributed by atoms with van der Waals surface area (Å²) in [6, 6.07) is 5.63. The van der Waals surface area contributed by atoms with Crippen LogP contribution in [0.4, 0.5) is 18.9 Å². The van der Waals surface area contributed by atoms with E-state index >= 15 is 0 Å². The number of halogens is 4. The fourth-order valence-electron chi connectivity index (χ4n) is 2.44. The summed E-state index contributed by atoms with van der Waals surface area (Å²) in [6.45, 7) is 0.262. The molecule has 6 heteroatoms. The fraction of sp³-hybridized carbons (Fsp3) is 0.133. The SMILES string of the molecule is O=C(c1ccc(F)cc1Br)N1CCc2c(F)cc(F)cc21. The van der Waals surface area contributed by atoms with Gasteiger partial charge in [-0.25, -0.2) is 13.2 Å². The number of hydrogen-bond donors (Lipinski definition) is 0. The van der Waals surface area contributed by atoms with E-state index in [1.807, 2.05) is 0 Å². The van der Waals surface area contributed by atoms with Gasteiger partial charge in [0.1, 0.15) is 17.5 Å². The maximum absolute atomic E-state index is 13.7. The van der Waals surface area contributed by atoms with Crippen molar-refractivity contribution in [1.29, 1.82) is 0 Å². The van der Waals surface area contributed by atoms with Crippen molar-refractivity contribution in [3.8, 4) is 0 Å². The van der Waals surface area contributed by atoms with Crippen molar-refractivity contribution in [3.63, 3.8) is 0 Å². The first-order valence-electron chi connectivity index (χ1n) is 6.22.